The second kappa shape index (κ2) is 33.1. The third-order valence-electron chi connectivity index (χ3n) is 15.7. The Balaban J connectivity index is 1.23. The second-order valence-electron chi connectivity index (χ2n) is 22.3. The van der Waals surface area contributed by atoms with Crippen LogP contribution in [0.2, 0.25) is 0 Å². The fourth-order valence-corrected chi connectivity index (χ4v) is 10.9. The van der Waals surface area contributed by atoms with Crippen LogP contribution in [0.5, 0.6) is 0 Å². The lowest BCUT2D eigenvalue weighted by Crippen LogP contribution is -2.70. The number of ether oxygens (including phenoxy) is 10. The van der Waals surface area contributed by atoms with Crippen molar-refractivity contribution in [3.63, 3.8) is 0 Å². The highest BCUT2D eigenvalue weighted by Gasteiger charge is 2.59. The number of carbonyl (C=O) groups is 5. The Labute approximate surface area is 515 Å². The number of aliphatic carboxylic acids is 1. The predicted octanol–water partition coefficient (Wildman–Crippen LogP) is -13.0. The van der Waals surface area contributed by atoms with Crippen molar-refractivity contribution in [2.75, 3.05) is 51.5 Å². The summed E-state index contributed by atoms with van der Waals surface area (Å²) in [6, 6.07) is 0.315. The van der Waals surface area contributed by atoms with Crippen LogP contribution in [0.25, 0.3) is 0 Å². The Morgan fingerprint density at radius 1 is 0.593 bits per heavy atom. The topological polar surface area (TPSA) is 630 Å². The van der Waals surface area contributed by atoms with Gasteiger partial charge in [0.1, 0.15) is 134 Å². The van der Waals surface area contributed by atoms with Gasteiger partial charge in [0, 0.05) is 39.4 Å². The molecule has 0 radical (unpaired) electrons. The number of carboxylic acid groups (broad SMARTS) is 2. The molecule has 5 aliphatic heterocycles. The third-order valence-corrected chi connectivity index (χ3v) is 15.7. The average molecular weight is 1320 g/mol. The number of hydrogen-bond donors (Lipinski definition) is 24. The minimum Gasteiger partial charge on any atom is -0.478 e. The molecule has 0 aliphatic carbocycles. The summed E-state index contributed by atoms with van der Waals surface area (Å²) in [6.45, 7) is -4.21. The quantitative estimate of drug-likeness (QED) is 0.0354. The largest absolute Gasteiger partial charge is 0.478 e. The van der Waals surface area contributed by atoms with Gasteiger partial charge in [0.05, 0.1) is 63.4 Å². The molecule has 0 bridgehead atoms. The lowest BCUT2D eigenvalue weighted by atomic mass is 9.88. The van der Waals surface area contributed by atoms with Crippen LogP contribution in [0.15, 0.2) is 24.3 Å². The molecule has 0 unspecified atom stereocenters. The Kier molecular flexibility index (Phi) is 27.4. The van der Waals surface area contributed by atoms with Crippen LogP contribution in [0.3, 0.4) is 0 Å². The van der Waals surface area contributed by atoms with Crippen molar-refractivity contribution >= 4 is 35.3 Å². The normalized spacial score (nSPS) is 39.1. The van der Waals surface area contributed by atoms with Gasteiger partial charge in [-0.15, -0.1) is 0 Å². The van der Waals surface area contributed by atoms with E-state index >= 15 is 0 Å². The van der Waals surface area contributed by atoms with Gasteiger partial charge in [-0.2, -0.15) is 0 Å². The minimum absolute atomic E-state index is 0.142. The zero-order valence-corrected chi connectivity index (χ0v) is 48.8. The van der Waals surface area contributed by atoms with E-state index in [4.69, 9.17) is 47.4 Å². The molecule has 5 saturated heterocycles. The summed E-state index contributed by atoms with van der Waals surface area (Å²) in [4.78, 5) is 61.6. The van der Waals surface area contributed by atoms with E-state index in [0.29, 0.717) is 0 Å². The number of hydrogen-bond acceptors (Lipinski definition) is 34. The zero-order valence-electron chi connectivity index (χ0n) is 48.8. The van der Waals surface area contributed by atoms with E-state index in [1.165, 1.54) is 24.3 Å². The van der Waals surface area contributed by atoms with Gasteiger partial charge >= 0.3 is 11.9 Å². The highest BCUT2D eigenvalue weighted by atomic mass is 16.8. The van der Waals surface area contributed by atoms with Crippen LogP contribution in [0.1, 0.15) is 37.6 Å². The molecule has 24 N–H and O–H groups in total. The van der Waals surface area contributed by atoms with Crippen molar-refractivity contribution in [2.45, 2.75) is 211 Å². The van der Waals surface area contributed by atoms with E-state index < -0.39 is 266 Å². The summed E-state index contributed by atoms with van der Waals surface area (Å²) in [5.74, 6) is -8.81. The maximum absolute atomic E-state index is 12.8. The van der Waals surface area contributed by atoms with Gasteiger partial charge in [0.2, 0.25) is 17.7 Å². The molecule has 1 aromatic carbocycles. The molecule has 30 atom stereocenters. The van der Waals surface area contributed by atoms with Crippen molar-refractivity contribution in [3.8, 4) is 0 Å². The number of carbonyl (C=O) groups excluding carboxylic acids is 3. The van der Waals surface area contributed by atoms with Gasteiger partial charge in [0.15, 0.2) is 25.2 Å². The van der Waals surface area contributed by atoms with Crippen molar-refractivity contribution in [3.05, 3.63) is 29.8 Å². The zero-order chi connectivity index (χ0) is 67.7. The summed E-state index contributed by atoms with van der Waals surface area (Å²) >= 11 is 0. The standard InChI is InChI=1S/C52H82N4O35/c1-16(62)54-21(9-53-20-6-4-5-19(7-20)46(78)79)31(68)41(24(67)11-58)87-49-40(77)44(35(72)26(13-60)83-49)89-50-45(38(75)33(70)25(12-59)84-50)90-47-30(56-18(3)64)36(73)42(27(14-61)85-47)88-48-39(76)37(74)34(71)28(86-48)15-82-52(51(80)81)8-22(65)29(55-17(2)63)43(91-52)32(69)23(66)10-57/h4-7,21-45,47-50,53,57-61,65-77H,8-15H2,1-3H3,(H,54,62)(H,55,63)(H,56,64)(H,78,79)(H,80,81)/t21-,22-,23+,24+,25-,26+,27+,28+,29+,30+,31+,32+,33-,34-,35+,36+,37-,38+,39+,40-,41+,42+,43+,44-,45+,47-,48-,49-,50-,52+/m0/s1. The SMILES string of the molecule is CC(=O)N[C@H]1[C@H](O[C@H]2[C@H](O[C@@H]3[C@H](O)[C@H](O[C@@H]([C@H](O)[C@H](CNc4cccc(C(=O)O)c4)NC(C)=O)[C@H](O)CO)O[C@H](CO)[C@H]3O)O[C@@H](CO)[C@H](O)[C@H]2O)O[C@H](CO)[C@@H](O[C@@H]2O[C@H](CO[C@]3(C(=O)O)C[C@H](O)[C@@H](NC(C)=O)[C@H]([C@H](O)[C@H](O)CO)O3)[C@H](O)[C@H](O)[C@H]2O)[C@@H]1O. The molecule has 520 valence electrons. The first kappa shape index (κ1) is 75.3. The molecule has 0 spiro atoms. The van der Waals surface area contributed by atoms with Gasteiger partial charge in [-0.3, -0.25) is 14.4 Å². The Hall–Kier alpha value is -4.75. The van der Waals surface area contributed by atoms with Gasteiger partial charge in [-0.25, -0.2) is 9.59 Å². The van der Waals surface area contributed by atoms with Crippen LogP contribution >= 0.6 is 0 Å². The summed E-state index contributed by atoms with van der Waals surface area (Å²) in [7, 11) is 0. The molecule has 39 heteroatoms. The van der Waals surface area contributed by atoms with Crippen LogP contribution in [0.4, 0.5) is 5.69 Å². The monoisotopic (exact) mass is 1320 g/mol. The summed E-state index contributed by atoms with van der Waals surface area (Å²) in [5.41, 5.74) is 0.0470. The predicted molar refractivity (Wildman–Crippen MR) is 288 cm³/mol. The van der Waals surface area contributed by atoms with Gasteiger partial charge in [-0.05, 0) is 18.2 Å². The summed E-state index contributed by atoms with van der Waals surface area (Å²) < 4.78 is 57.8. The number of rotatable bonds is 29. The van der Waals surface area contributed by atoms with Crippen molar-refractivity contribution in [1.29, 1.82) is 0 Å². The molecule has 1 aromatic rings. The third kappa shape index (κ3) is 17.8. The van der Waals surface area contributed by atoms with Crippen LogP contribution in [0, 0.1) is 0 Å². The first-order valence-corrected chi connectivity index (χ1v) is 28.4. The number of carboxylic acids is 2. The van der Waals surface area contributed by atoms with Crippen LogP contribution < -0.4 is 21.3 Å². The molecular weight excluding hydrogens is 1240 g/mol. The molecule has 0 aromatic heterocycles. The van der Waals surface area contributed by atoms with E-state index in [1.807, 2.05) is 0 Å². The summed E-state index contributed by atoms with van der Waals surface area (Å²) in [6.07, 6.45) is -55.9. The van der Waals surface area contributed by atoms with E-state index in [2.05, 4.69) is 21.3 Å². The Morgan fingerprint density at radius 3 is 1.74 bits per heavy atom. The number of benzene rings is 1. The smallest absolute Gasteiger partial charge is 0.364 e. The number of anilines is 1. The maximum Gasteiger partial charge on any atom is 0.364 e. The van der Waals surface area contributed by atoms with Gasteiger partial charge < -0.3 is 171 Å². The number of amides is 3. The maximum atomic E-state index is 12.8. The molecule has 5 heterocycles. The molecule has 3 amide bonds. The fourth-order valence-electron chi connectivity index (χ4n) is 10.9. The van der Waals surface area contributed by atoms with E-state index in [-0.39, 0.29) is 11.3 Å². The average Bonchev–Trinajstić information content (AvgIpc) is 0.798. The van der Waals surface area contributed by atoms with E-state index in [9.17, 15) is 126 Å². The van der Waals surface area contributed by atoms with E-state index in [1.54, 1.807) is 0 Å². The van der Waals surface area contributed by atoms with Crippen molar-refractivity contribution < 1.29 is 173 Å². The lowest BCUT2D eigenvalue weighted by molar-refractivity contribution is -0.392. The molecule has 5 fully saturated rings. The van der Waals surface area contributed by atoms with Crippen LogP contribution in [-0.4, -0.2) is 361 Å². The molecule has 0 saturated carbocycles. The highest BCUT2D eigenvalue weighted by Crippen LogP contribution is 2.38. The molecule has 39 nitrogen and oxygen atoms in total. The Bertz CT molecular complexity index is 2530. The molecular formula is C52H82N4O35. The lowest BCUT2D eigenvalue weighted by Gasteiger charge is -2.50. The van der Waals surface area contributed by atoms with Gasteiger partial charge in [-0.1, -0.05) is 6.07 Å². The fraction of sp³-hybridized carbons (Fsp3) is 0.788. The van der Waals surface area contributed by atoms with E-state index in [0.717, 1.165) is 20.8 Å². The number of nitrogens with one attached hydrogen (secondary N) is 4. The molecule has 5 aliphatic rings. The minimum atomic E-state index is -3.02. The second-order valence-corrected chi connectivity index (χ2v) is 22.3. The number of aliphatic hydroxyl groups is 18. The highest BCUT2D eigenvalue weighted by molar-refractivity contribution is 5.88. The summed E-state index contributed by atoms with van der Waals surface area (Å²) in [5, 5.41) is 227. The molecule has 91 heavy (non-hydrogen) atoms. The van der Waals surface area contributed by atoms with Crippen molar-refractivity contribution in [1.82, 2.24) is 16.0 Å². The van der Waals surface area contributed by atoms with Gasteiger partial charge in [0.25, 0.3) is 5.79 Å². The number of aromatic carboxylic acids is 1. The first-order valence-electron chi connectivity index (χ1n) is 28.4. The molecule has 6 rings (SSSR count). The van der Waals surface area contributed by atoms with Crippen molar-refractivity contribution in [2.24, 2.45) is 0 Å². The first-order chi connectivity index (χ1) is 42.9. The Morgan fingerprint density at radius 2 is 1.15 bits per heavy atom. The van der Waals surface area contributed by atoms with Crippen LogP contribution in [-0.2, 0) is 66.5 Å². The number of aliphatic hydroxyl groups excluding tert-OH is 18.